The number of nitrogen functional groups attached to an aromatic ring is 1. The molecular formula is C15H21NO2. The molecule has 18 heavy (non-hydrogen) atoms. The number of benzene rings is 1. The molecule has 0 atom stereocenters. The number of anilines is 1. The zero-order chi connectivity index (χ0) is 13.2. The van der Waals surface area contributed by atoms with E-state index in [0.29, 0.717) is 18.5 Å². The third-order valence-electron chi connectivity index (χ3n) is 4.21. The molecule has 1 aromatic carbocycles. The van der Waals surface area contributed by atoms with E-state index in [2.05, 4.69) is 0 Å². The summed E-state index contributed by atoms with van der Waals surface area (Å²) in [6, 6.07) is 5.74. The molecule has 0 amide bonds. The second-order valence-electron chi connectivity index (χ2n) is 5.34. The molecule has 1 aliphatic carbocycles. The van der Waals surface area contributed by atoms with E-state index in [-0.39, 0.29) is 0 Å². The number of carbonyl (C=O) groups is 1. The van der Waals surface area contributed by atoms with Crippen LogP contribution in [-0.2, 0) is 10.2 Å². The van der Waals surface area contributed by atoms with Gasteiger partial charge in [0.05, 0.1) is 5.41 Å². The van der Waals surface area contributed by atoms with Crippen LogP contribution in [0.1, 0.15) is 49.7 Å². The summed E-state index contributed by atoms with van der Waals surface area (Å²) in [6.07, 6.45) is 5.60. The van der Waals surface area contributed by atoms with Crippen LogP contribution >= 0.6 is 0 Å². The zero-order valence-corrected chi connectivity index (χ0v) is 10.9. The van der Waals surface area contributed by atoms with Gasteiger partial charge in [0.25, 0.3) is 0 Å². The van der Waals surface area contributed by atoms with Gasteiger partial charge >= 0.3 is 5.97 Å². The van der Waals surface area contributed by atoms with Gasteiger partial charge in [-0.15, -0.1) is 0 Å². The summed E-state index contributed by atoms with van der Waals surface area (Å²) in [7, 11) is 0. The Morgan fingerprint density at radius 2 is 1.83 bits per heavy atom. The number of para-hydroxylation sites is 1. The molecule has 0 unspecified atom stereocenters. The normalized spacial score (nSPS) is 19.2. The highest BCUT2D eigenvalue weighted by Crippen LogP contribution is 2.41. The molecule has 3 nitrogen and oxygen atoms in total. The van der Waals surface area contributed by atoms with Gasteiger partial charge in [0.1, 0.15) is 0 Å². The summed E-state index contributed by atoms with van der Waals surface area (Å²) in [5.41, 5.74) is 7.79. The summed E-state index contributed by atoms with van der Waals surface area (Å²) in [6.45, 7) is 1.94. The topological polar surface area (TPSA) is 63.3 Å². The SMILES string of the molecule is Cc1cccc(C2(C(=O)O)CCCCCC2)c1N. The fourth-order valence-corrected chi connectivity index (χ4v) is 3.03. The highest BCUT2D eigenvalue weighted by atomic mass is 16.4. The molecule has 3 N–H and O–H groups in total. The summed E-state index contributed by atoms with van der Waals surface area (Å²) in [4.78, 5) is 11.8. The van der Waals surface area contributed by atoms with E-state index in [1.807, 2.05) is 25.1 Å². The van der Waals surface area contributed by atoms with E-state index >= 15 is 0 Å². The fourth-order valence-electron chi connectivity index (χ4n) is 3.03. The van der Waals surface area contributed by atoms with Gasteiger partial charge < -0.3 is 10.8 Å². The van der Waals surface area contributed by atoms with Crippen LogP contribution in [0.4, 0.5) is 5.69 Å². The highest BCUT2D eigenvalue weighted by Gasteiger charge is 2.41. The van der Waals surface area contributed by atoms with Crippen LogP contribution in [0.3, 0.4) is 0 Å². The average molecular weight is 247 g/mol. The molecule has 2 rings (SSSR count). The predicted octanol–water partition coefficient (Wildman–Crippen LogP) is 3.25. The van der Waals surface area contributed by atoms with Crippen molar-refractivity contribution >= 4 is 11.7 Å². The van der Waals surface area contributed by atoms with Crippen LogP contribution < -0.4 is 5.73 Å². The van der Waals surface area contributed by atoms with Crippen molar-refractivity contribution in [1.82, 2.24) is 0 Å². The first-order valence-corrected chi connectivity index (χ1v) is 6.67. The Morgan fingerprint density at radius 3 is 2.39 bits per heavy atom. The van der Waals surface area contributed by atoms with Gasteiger partial charge in [-0.25, -0.2) is 0 Å². The summed E-state index contributed by atoms with van der Waals surface area (Å²) in [5, 5.41) is 9.73. The molecule has 1 fully saturated rings. The number of carboxylic acid groups (broad SMARTS) is 1. The lowest BCUT2D eigenvalue weighted by atomic mass is 9.73. The summed E-state index contributed by atoms with van der Waals surface area (Å²) < 4.78 is 0. The van der Waals surface area contributed by atoms with Gasteiger partial charge in [0, 0.05) is 5.69 Å². The lowest BCUT2D eigenvalue weighted by Gasteiger charge is -2.30. The van der Waals surface area contributed by atoms with Crippen LogP contribution in [0, 0.1) is 6.92 Å². The Hall–Kier alpha value is -1.51. The van der Waals surface area contributed by atoms with E-state index in [9.17, 15) is 9.90 Å². The molecule has 98 valence electrons. The van der Waals surface area contributed by atoms with Crippen molar-refractivity contribution in [2.24, 2.45) is 0 Å². The third-order valence-corrected chi connectivity index (χ3v) is 4.21. The first-order chi connectivity index (χ1) is 8.58. The van der Waals surface area contributed by atoms with Crippen molar-refractivity contribution in [3.63, 3.8) is 0 Å². The highest BCUT2D eigenvalue weighted by molar-refractivity contribution is 5.84. The summed E-state index contributed by atoms with van der Waals surface area (Å²) in [5.74, 6) is -0.721. The van der Waals surface area contributed by atoms with Gasteiger partial charge in [-0.05, 0) is 30.9 Å². The number of hydrogen-bond donors (Lipinski definition) is 2. The molecule has 3 heteroatoms. The van der Waals surface area contributed by atoms with Crippen molar-refractivity contribution < 1.29 is 9.90 Å². The number of rotatable bonds is 2. The van der Waals surface area contributed by atoms with Crippen molar-refractivity contribution in [3.05, 3.63) is 29.3 Å². The Balaban J connectivity index is 2.52. The molecule has 1 aromatic rings. The maximum Gasteiger partial charge on any atom is 0.314 e. The minimum absolute atomic E-state index is 0.654. The number of aliphatic carboxylic acids is 1. The van der Waals surface area contributed by atoms with E-state index in [0.717, 1.165) is 36.8 Å². The fraction of sp³-hybridized carbons (Fsp3) is 0.533. The third kappa shape index (κ3) is 2.09. The Bertz CT molecular complexity index is 446. The number of nitrogens with two attached hydrogens (primary N) is 1. The predicted molar refractivity (Wildman–Crippen MR) is 72.6 cm³/mol. The minimum atomic E-state index is -0.771. The molecule has 0 heterocycles. The molecule has 0 aromatic heterocycles. The second kappa shape index (κ2) is 5.01. The first kappa shape index (κ1) is 12.9. The van der Waals surface area contributed by atoms with Gasteiger partial charge in [-0.2, -0.15) is 0 Å². The van der Waals surface area contributed by atoms with Crippen LogP contribution in [0.2, 0.25) is 0 Å². The Morgan fingerprint density at radius 1 is 1.22 bits per heavy atom. The number of carboxylic acids is 1. The van der Waals surface area contributed by atoms with Gasteiger partial charge in [0.2, 0.25) is 0 Å². The van der Waals surface area contributed by atoms with Gasteiger partial charge in [-0.3, -0.25) is 4.79 Å². The van der Waals surface area contributed by atoms with E-state index < -0.39 is 11.4 Å². The minimum Gasteiger partial charge on any atom is -0.481 e. The van der Waals surface area contributed by atoms with Crippen molar-refractivity contribution in [2.45, 2.75) is 50.9 Å². The number of aryl methyl sites for hydroxylation is 1. The number of hydrogen-bond acceptors (Lipinski definition) is 2. The standard InChI is InChI=1S/C15H21NO2/c1-11-7-6-8-12(13(11)16)15(14(17)18)9-4-2-3-5-10-15/h6-8H,2-5,9-10,16H2,1H3,(H,17,18). The Kier molecular flexibility index (Phi) is 3.60. The molecule has 1 aliphatic rings. The van der Waals surface area contributed by atoms with Crippen LogP contribution in [0.15, 0.2) is 18.2 Å². The second-order valence-corrected chi connectivity index (χ2v) is 5.34. The summed E-state index contributed by atoms with van der Waals surface area (Å²) >= 11 is 0. The maximum atomic E-state index is 11.8. The molecular weight excluding hydrogens is 226 g/mol. The van der Waals surface area contributed by atoms with Gasteiger partial charge in [-0.1, -0.05) is 43.9 Å². The maximum absolute atomic E-state index is 11.8. The zero-order valence-electron chi connectivity index (χ0n) is 10.9. The largest absolute Gasteiger partial charge is 0.481 e. The molecule has 0 aliphatic heterocycles. The lowest BCUT2D eigenvalue weighted by molar-refractivity contribution is -0.144. The van der Waals surface area contributed by atoms with E-state index in [1.165, 1.54) is 0 Å². The first-order valence-electron chi connectivity index (χ1n) is 6.67. The smallest absolute Gasteiger partial charge is 0.314 e. The molecule has 0 saturated heterocycles. The Labute approximate surface area is 108 Å². The van der Waals surface area contributed by atoms with E-state index in [1.54, 1.807) is 0 Å². The lowest BCUT2D eigenvalue weighted by Crippen LogP contribution is -2.36. The van der Waals surface area contributed by atoms with Crippen molar-refractivity contribution in [3.8, 4) is 0 Å². The molecule has 1 saturated carbocycles. The van der Waals surface area contributed by atoms with Crippen LogP contribution in [-0.4, -0.2) is 11.1 Å². The van der Waals surface area contributed by atoms with E-state index in [4.69, 9.17) is 5.73 Å². The van der Waals surface area contributed by atoms with Gasteiger partial charge in [0.15, 0.2) is 0 Å². The van der Waals surface area contributed by atoms with Crippen molar-refractivity contribution in [1.29, 1.82) is 0 Å². The molecule has 0 bridgehead atoms. The van der Waals surface area contributed by atoms with Crippen LogP contribution in [0.5, 0.6) is 0 Å². The average Bonchev–Trinajstić information content (AvgIpc) is 2.59. The quantitative estimate of drug-likeness (QED) is 0.623. The molecule has 0 spiro atoms. The van der Waals surface area contributed by atoms with Crippen molar-refractivity contribution in [2.75, 3.05) is 5.73 Å². The van der Waals surface area contributed by atoms with Crippen LogP contribution in [0.25, 0.3) is 0 Å². The molecule has 0 radical (unpaired) electrons. The monoisotopic (exact) mass is 247 g/mol.